The second-order valence-electron chi connectivity index (χ2n) is 6.50. The minimum Gasteiger partial charge on any atom is -0.423 e. The number of rotatable bonds is 5. The molecule has 0 fully saturated rings. The van der Waals surface area contributed by atoms with Gasteiger partial charge in [-0.25, -0.2) is 10.2 Å². The first-order valence-corrected chi connectivity index (χ1v) is 10.5. The van der Waals surface area contributed by atoms with Crippen molar-refractivity contribution in [3.63, 3.8) is 0 Å². The lowest BCUT2D eigenvalue weighted by Gasteiger charge is -2.07. The molecular formula is C23H17BrClN3O4. The van der Waals surface area contributed by atoms with Crippen LogP contribution in [0.3, 0.4) is 0 Å². The van der Waals surface area contributed by atoms with E-state index in [2.05, 4.69) is 31.8 Å². The second kappa shape index (κ2) is 10.7. The van der Waals surface area contributed by atoms with Crippen LogP contribution in [0.25, 0.3) is 0 Å². The molecule has 162 valence electrons. The summed E-state index contributed by atoms with van der Waals surface area (Å²) in [5, 5.41) is 6.81. The molecule has 3 aromatic carbocycles. The molecule has 0 saturated carbocycles. The molecule has 3 aromatic rings. The normalized spacial score (nSPS) is 10.9. The van der Waals surface area contributed by atoms with E-state index in [0.29, 0.717) is 37.8 Å². The third-order valence-corrected chi connectivity index (χ3v) is 5.12. The van der Waals surface area contributed by atoms with Crippen molar-refractivity contribution >= 4 is 56.7 Å². The van der Waals surface area contributed by atoms with Crippen molar-refractivity contribution in [3.8, 4) is 5.75 Å². The van der Waals surface area contributed by atoms with Crippen LogP contribution in [0.2, 0.25) is 5.02 Å². The Morgan fingerprint density at radius 3 is 2.34 bits per heavy atom. The van der Waals surface area contributed by atoms with E-state index in [1.54, 1.807) is 73.7 Å². The smallest absolute Gasteiger partial charge is 0.344 e. The molecule has 2 N–H and O–H groups in total. The lowest BCUT2D eigenvalue weighted by atomic mass is 10.1. The lowest BCUT2D eigenvalue weighted by Crippen LogP contribution is -2.32. The van der Waals surface area contributed by atoms with Crippen molar-refractivity contribution in [2.45, 2.75) is 6.92 Å². The zero-order valence-corrected chi connectivity index (χ0v) is 19.1. The Labute approximate surface area is 197 Å². The Bertz CT molecular complexity index is 1200. The van der Waals surface area contributed by atoms with Gasteiger partial charge in [0, 0.05) is 15.2 Å². The van der Waals surface area contributed by atoms with E-state index in [0.717, 1.165) is 0 Å². The van der Waals surface area contributed by atoms with E-state index in [9.17, 15) is 14.4 Å². The molecule has 0 atom stereocenters. The standard InChI is InChI=1S/C23H17BrClN3O4/c1-14(27-28-22(30)21(29)26-17-6-4-5-16(25)13-17)15-9-11-18(12-10-15)32-23(31)19-7-2-3-8-20(19)24/h2-13H,1H3,(H,26,29)(H,28,30)/b27-14+. The third-order valence-electron chi connectivity index (χ3n) is 4.19. The Balaban J connectivity index is 1.58. The number of halogens is 2. The van der Waals surface area contributed by atoms with Gasteiger partial charge in [-0.05, 0) is 83.0 Å². The molecule has 0 saturated heterocycles. The highest BCUT2D eigenvalue weighted by atomic mass is 79.9. The van der Waals surface area contributed by atoms with Crippen molar-refractivity contribution in [1.29, 1.82) is 0 Å². The van der Waals surface area contributed by atoms with Crippen LogP contribution in [0.15, 0.2) is 82.4 Å². The number of carbonyl (C=O) groups is 3. The number of hydrogen-bond donors (Lipinski definition) is 2. The molecule has 3 rings (SSSR count). The predicted octanol–water partition coefficient (Wildman–Crippen LogP) is 4.80. The quantitative estimate of drug-likeness (QED) is 0.168. The summed E-state index contributed by atoms with van der Waals surface area (Å²) in [6, 6.07) is 20.0. The highest BCUT2D eigenvalue weighted by Crippen LogP contribution is 2.20. The molecule has 0 aliphatic heterocycles. The van der Waals surface area contributed by atoms with Crippen molar-refractivity contribution in [1.82, 2.24) is 5.43 Å². The molecule has 0 bridgehead atoms. The molecule has 0 unspecified atom stereocenters. The fourth-order valence-corrected chi connectivity index (χ4v) is 3.19. The van der Waals surface area contributed by atoms with E-state index in [1.807, 2.05) is 0 Å². The lowest BCUT2D eigenvalue weighted by molar-refractivity contribution is -0.136. The molecule has 32 heavy (non-hydrogen) atoms. The summed E-state index contributed by atoms with van der Waals surface area (Å²) in [6.07, 6.45) is 0. The van der Waals surface area contributed by atoms with Crippen molar-refractivity contribution in [2.75, 3.05) is 5.32 Å². The first kappa shape index (κ1) is 23.2. The van der Waals surface area contributed by atoms with Gasteiger partial charge in [0.15, 0.2) is 0 Å². The fraction of sp³-hybridized carbons (Fsp3) is 0.0435. The number of anilines is 1. The van der Waals surface area contributed by atoms with Gasteiger partial charge in [0.1, 0.15) is 5.75 Å². The number of esters is 1. The molecule has 9 heteroatoms. The summed E-state index contributed by atoms with van der Waals surface area (Å²) >= 11 is 9.17. The summed E-state index contributed by atoms with van der Waals surface area (Å²) < 4.78 is 6.01. The Morgan fingerprint density at radius 1 is 0.938 bits per heavy atom. The predicted molar refractivity (Wildman–Crippen MR) is 126 cm³/mol. The van der Waals surface area contributed by atoms with Gasteiger partial charge in [0.05, 0.1) is 11.3 Å². The van der Waals surface area contributed by atoms with Crippen LogP contribution in [-0.4, -0.2) is 23.5 Å². The number of hydrazone groups is 1. The number of carbonyl (C=O) groups excluding carboxylic acids is 3. The van der Waals surface area contributed by atoms with Crippen molar-refractivity contribution in [3.05, 3.63) is 93.4 Å². The van der Waals surface area contributed by atoms with Gasteiger partial charge in [-0.2, -0.15) is 5.10 Å². The van der Waals surface area contributed by atoms with Crippen molar-refractivity contribution < 1.29 is 19.1 Å². The average Bonchev–Trinajstić information content (AvgIpc) is 2.78. The molecule has 7 nitrogen and oxygen atoms in total. The van der Waals surface area contributed by atoms with Crippen LogP contribution in [0.5, 0.6) is 5.75 Å². The first-order valence-electron chi connectivity index (χ1n) is 9.32. The summed E-state index contributed by atoms with van der Waals surface area (Å²) in [4.78, 5) is 36.2. The first-order chi connectivity index (χ1) is 15.3. The fourth-order valence-electron chi connectivity index (χ4n) is 2.56. The van der Waals surface area contributed by atoms with Crippen LogP contribution < -0.4 is 15.5 Å². The number of amides is 2. The van der Waals surface area contributed by atoms with Crippen LogP contribution in [0.4, 0.5) is 5.69 Å². The molecular weight excluding hydrogens is 498 g/mol. The summed E-state index contributed by atoms with van der Waals surface area (Å²) in [6.45, 7) is 1.66. The van der Waals surface area contributed by atoms with Crippen molar-refractivity contribution in [2.24, 2.45) is 5.10 Å². The Hall–Kier alpha value is -3.49. The maximum atomic E-state index is 12.3. The highest BCUT2D eigenvalue weighted by Gasteiger charge is 2.14. The van der Waals surface area contributed by atoms with Crippen LogP contribution >= 0.6 is 27.5 Å². The number of ether oxygens (including phenoxy) is 1. The molecule has 0 heterocycles. The van der Waals surface area contributed by atoms with Gasteiger partial charge in [-0.3, -0.25) is 9.59 Å². The SMILES string of the molecule is C/C(=N\NC(=O)C(=O)Nc1cccc(Cl)c1)c1ccc(OC(=O)c2ccccc2Br)cc1. The number of benzene rings is 3. The summed E-state index contributed by atoms with van der Waals surface area (Å²) in [5.74, 6) is -1.94. The topological polar surface area (TPSA) is 96.9 Å². The zero-order chi connectivity index (χ0) is 23.1. The van der Waals surface area contributed by atoms with Crippen LogP contribution in [0.1, 0.15) is 22.8 Å². The van der Waals surface area contributed by atoms with Gasteiger partial charge >= 0.3 is 17.8 Å². The zero-order valence-electron chi connectivity index (χ0n) is 16.8. The summed E-state index contributed by atoms with van der Waals surface area (Å²) in [5.41, 5.74) is 4.13. The molecule has 0 radical (unpaired) electrons. The van der Waals surface area contributed by atoms with Crippen LogP contribution in [-0.2, 0) is 9.59 Å². The van der Waals surface area contributed by atoms with Gasteiger partial charge in [0.2, 0.25) is 0 Å². The molecule has 0 aromatic heterocycles. The van der Waals surface area contributed by atoms with E-state index in [-0.39, 0.29) is 0 Å². The Morgan fingerprint density at radius 2 is 1.66 bits per heavy atom. The van der Waals surface area contributed by atoms with E-state index >= 15 is 0 Å². The number of nitrogens with zero attached hydrogens (tertiary/aromatic N) is 1. The largest absolute Gasteiger partial charge is 0.423 e. The second-order valence-corrected chi connectivity index (χ2v) is 7.79. The third kappa shape index (κ3) is 6.26. The minimum absolute atomic E-state index is 0.354. The summed E-state index contributed by atoms with van der Waals surface area (Å²) in [7, 11) is 0. The van der Waals surface area contributed by atoms with E-state index in [1.165, 1.54) is 6.07 Å². The maximum Gasteiger partial charge on any atom is 0.344 e. The number of hydrogen-bond acceptors (Lipinski definition) is 5. The van der Waals surface area contributed by atoms with Gasteiger partial charge < -0.3 is 10.1 Å². The van der Waals surface area contributed by atoms with Gasteiger partial charge in [0.25, 0.3) is 0 Å². The Kier molecular flexibility index (Phi) is 7.75. The molecule has 0 aliphatic carbocycles. The van der Waals surface area contributed by atoms with Crippen LogP contribution in [0, 0.1) is 0 Å². The molecule has 2 amide bonds. The molecule has 0 spiro atoms. The van der Waals surface area contributed by atoms with Gasteiger partial charge in [-0.15, -0.1) is 0 Å². The van der Waals surface area contributed by atoms with E-state index < -0.39 is 17.8 Å². The van der Waals surface area contributed by atoms with E-state index in [4.69, 9.17) is 16.3 Å². The number of nitrogens with one attached hydrogen (secondary N) is 2. The minimum atomic E-state index is -0.927. The highest BCUT2D eigenvalue weighted by molar-refractivity contribution is 9.10. The maximum absolute atomic E-state index is 12.3. The monoisotopic (exact) mass is 513 g/mol. The average molecular weight is 515 g/mol. The van der Waals surface area contributed by atoms with Gasteiger partial charge in [-0.1, -0.05) is 29.8 Å². The molecule has 0 aliphatic rings.